The van der Waals surface area contributed by atoms with Crippen molar-refractivity contribution in [1.82, 2.24) is 14.8 Å². The van der Waals surface area contributed by atoms with Crippen molar-refractivity contribution in [2.75, 3.05) is 31.9 Å². The number of rotatable bonds is 9. The molecule has 0 saturated carbocycles. The Morgan fingerprint density at radius 2 is 1.90 bits per heavy atom. The summed E-state index contributed by atoms with van der Waals surface area (Å²) in [5.74, 6) is 2.60. The number of anilines is 1. The molecule has 0 saturated heterocycles. The van der Waals surface area contributed by atoms with E-state index >= 15 is 0 Å². The van der Waals surface area contributed by atoms with Crippen molar-refractivity contribution in [2.45, 2.75) is 12.1 Å². The Bertz CT molecular complexity index is 1020. The van der Waals surface area contributed by atoms with Gasteiger partial charge in [0.2, 0.25) is 5.91 Å². The van der Waals surface area contributed by atoms with Gasteiger partial charge in [-0.05, 0) is 31.2 Å². The Labute approximate surface area is 179 Å². The van der Waals surface area contributed by atoms with Crippen LogP contribution in [0.5, 0.6) is 17.2 Å². The van der Waals surface area contributed by atoms with E-state index in [0.717, 1.165) is 11.3 Å². The third kappa shape index (κ3) is 4.85. The van der Waals surface area contributed by atoms with Crippen LogP contribution in [-0.4, -0.2) is 47.3 Å². The van der Waals surface area contributed by atoms with Crippen LogP contribution in [0.1, 0.15) is 6.92 Å². The Morgan fingerprint density at radius 1 is 1.10 bits per heavy atom. The maximum Gasteiger partial charge on any atom is 0.234 e. The Balaban J connectivity index is 1.68. The van der Waals surface area contributed by atoms with Gasteiger partial charge in [0.25, 0.3) is 0 Å². The molecule has 9 heteroatoms. The predicted octanol–water partition coefficient (Wildman–Crippen LogP) is 3.63. The molecule has 0 aliphatic heterocycles. The minimum atomic E-state index is -0.178. The Hall–Kier alpha value is -3.20. The first-order valence-corrected chi connectivity index (χ1v) is 10.3. The molecule has 3 aromatic rings. The highest BCUT2D eigenvalue weighted by Crippen LogP contribution is 2.31. The summed E-state index contributed by atoms with van der Waals surface area (Å²) in [6, 6.07) is 12.9. The summed E-state index contributed by atoms with van der Waals surface area (Å²) >= 11 is 1.30. The number of para-hydroxylation sites is 1. The first kappa shape index (κ1) is 21.5. The van der Waals surface area contributed by atoms with E-state index < -0.39 is 0 Å². The van der Waals surface area contributed by atoms with Crippen LogP contribution in [0.2, 0.25) is 0 Å². The van der Waals surface area contributed by atoms with Crippen molar-refractivity contribution in [1.29, 1.82) is 0 Å². The summed E-state index contributed by atoms with van der Waals surface area (Å²) in [5.41, 5.74) is 1.43. The molecule has 2 aromatic carbocycles. The molecule has 1 heterocycles. The number of carbonyl (C=O) groups excluding carboxylic acids is 1. The molecular formula is C21H24N4O4S. The van der Waals surface area contributed by atoms with Gasteiger partial charge in [-0.3, -0.25) is 4.79 Å². The van der Waals surface area contributed by atoms with Gasteiger partial charge in [-0.25, -0.2) is 0 Å². The standard InChI is InChI=1S/C21H24N4O4S/c1-5-29-17-9-7-6-8-15(17)20-23-24-21(25(20)2)30-13-19(26)22-16-11-10-14(27-3)12-18(16)28-4/h6-12H,5,13H2,1-4H3,(H,22,26). The third-order valence-corrected chi connectivity index (χ3v) is 5.30. The fourth-order valence-electron chi connectivity index (χ4n) is 2.83. The molecule has 0 fully saturated rings. The fourth-order valence-corrected chi connectivity index (χ4v) is 3.54. The Kier molecular flexibility index (Phi) is 7.18. The van der Waals surface area contributed by atoms with Gasteiger partial charge < -0.3 is 24.1 Å². The number of benzene rings is 2. The third-order valence-electron chi connectivity index (χ3n) is 4.28. The molecule has 30 heavy (non-hydrogen) atoms. The van der Waals surface area contributed by atoms with E-state index in [0.29, 0.717) is 34.8 Å². The number of hydrogen-bond acceptors (Lipinski definition) is 7. The lowest BCUT2D eigenvalue weighted by molar-refractivity contribution is -0.113. The molecule has 0 bridgehead atoms. The van der Waals surface area contributed by atoms with Gasteiger partial charge in [0.05, 0.1) is 37.8 Å². The number of ether oxygens (including phenoxy) is 3. The molecular weight excluding hydrogens is 404 g/mol. The summed E-state index contributed by atoms with van der Waals surface area (Å²) in [5, 5.41) is 12.0. The second kappa shape index (κ2) is 10.0. The van der Waals surface area contributed by atoms with Gasteiger partial charge in [-0.1, -0.05) is 23.9 Å². The molecule has 0 unspecified atom stereocenters. The number of nitrogens with one attached hydrogen (secondary N) is 1. The summed E-state index contributed by atoms with van der Waals surface area (Å²) in [4.78, 5) is 12.4. The van der Waals surface area contributed by atoms with Crippen LogP contribution < -0.4 is 19.5 Å². The largest absolute Gasteiger partial charge is 0.497 e. The molecule has 0 aliphatic carbocycles. The quantitative estimate of drug-likeness (QED) is 0.521. The van der Waals surface area contributed by atoms with Crippen molar-refractivity contribution in [3.05, 3.63) is 42.5 Å². The number of thioether (sulfide) groups is 1. The number of amides is 1. The van der Waals surface area contributed by atoms with Gasteiger partial charge in [-0.2, -0.15) is 0 Å². The highest BCUT2D eigenvalue weighted by Gasteiger charge is 2.16. The average molecular weight is 429 g/mol. The highest BCUT2D eigenvalue weighted by molar-refractivity contribution is 7.99. The molecule has 8 nitrogen and oxygen atoms in total. The van der Waals surface area contributed by atoms with E-state index in [2.05, 4.69) is 15.5 Å². The van der Waals surface area contributed by atoms with Crippen molar-refractivity contribution in [2.24, 2.45) is 7.05 Å². The molecule has 1 aromatic heterocycles. The fraction of sp³-hybridized carbons (Fsp3) is 0.286. The predicted molar refractivity (Wildman–Crippen MR) is 117 cm³/mol. The smallest absolute Gasteiger partial charge is 0.234 e. The van der Waals surface area contributed by atoms with Crippen molar-refractivity contribution in [3.63, 3.8) is 0 Å². The summed E-state index contributed by atoms with van der Waals surface area (Å²) in [6.45, 7) is 2.50. The van der Waals surface area contributed by atoms with Crippen LogP contribution in [-0.2, 0) is 11.8 Å². The number of nitrogens with zero attached hydrogens (tertiary/aromatic N) is 3. The van der Waals surface area contributed by atoms with Crippen LogP contribution in [0.4, 0.5) is 5.69 Å². The van der Waals surface area contributed by atoms with Crippen molar-refractivity contribution < 1.29 is 19.0 Å². The van der Waals surface area contributed by atoms with Crippen LogP contribution in [0, 0.1) is 0 Å². The van der Waals surface area contributed by atoms with Crippen molar-refractivity contribution >= 4 is 23.4 Å². The zero-order valence-electron chi connectivity index (χ0n) is 17.3. The monoisotopic (exact) mass is 428 g/mol. The minimum Gasteiger partial charge on any atom is -0.497 e. The van der Waals surface area contributed by atoms with Crippen molar-refractivity contribution in [3.8, 4) is 28.6 Å². The molecule has 0 radical (unpaired) electrons. The van der Waals surface area contributed by atoms with Crippen LogP contribution in [0.15, 0.2) is 47.6 Å². The second-order valence-corrected chi connectivity index (χ2v) is 7.14. The molecule has 0 spiro atoms. The first-order chi connectivity index (χ1) is 14.6. The lowest BCUT2D eigenvalue weighted by atomic mass is 10.2. The van der Waals surface area contributed by atoms with Crippen LogP contribution in [0.25, 0.3) is 11.4 Å². The lowest BCUT2D eigenvalue weighted by Crippen LogP contribution is -2.15. The van der Waals surface area contributed by atoms with E-state index in [1.54, 1.807) is 32.4 Å². The zero-order valence-corrected chi connectivity index (χ0v) is 18.2. The highest BCUT2D eigenvalue weighted by atomic mass is 32.2. The molecule has 0 aliphatic rings. The van der Waals surface area contributed by atoms with Crippen LogP contribution in [0.3, 0.4) is 0 Å². The van der Waals surface area contributed by atoms with Crippen LogP contribution >= 0.6 is 11.8 Å². The van der Waals surface area contributed by atoms with E-state index in [-0.39, 0.29) is 11.7 Å². The number of hydrogen-bond donors (Lipinski definition) is 1. The van der Waals surface area contributed by atoms with E-state index in [4.69, 9.17) is 14.2 Å². The van der Waals surface area contributed by atoms with Gasteiger partial charge in [0.15, 0.2) is 11.0 Å². The van der Waals surface area contributed by atoms with E-state index in [1.807, 2.05) is 42.8 Å². The number of methoxy groups -OCH3 is 2. The molecule has 158 valence electrons. The van der Waals surface area contributed by atoms with Gasteiger partial charge in [0.1, 0.15) is 17.2 Å². The van der Waals surface area contributed by atoms with Gasteiger partial charge in [-0.15, -0.1) is 10.2 Å². The van der Waals surface area contributed by atoms with E-state index in [1.165, 1.54) is 11.8 Å². The first-order valence-electron chi connectivity index (χ1n) is 9.33. The van der Waals surface area contributed by atoms with Gasteiger partial charge in [0, 0.05) is 13.1 Å². The van der Waals surface area contributed by atoms with E-state index in [9.17, 15) is 4.79 Å². The maximum atomic E-state index is 12.4. The molecule has 0 atom stereocenters. The summed E-state index contributed by atoms with van der Waals surface area (Å²) in [6.07, 6.45) is 0. The SMILES string of the molecule is CCOc1ccccc1-c1nnc(SCC(=O)Nc2ccc(OC)cc2OC)n1C. The summed E-state index contributed by atoms with van der Waals surface area (Å²) < 4.78 is 18.0. The Morgan fingerprint density at radius 3 is 2.63 bits per heavy atom. The maximum absolute atomic E-state index is 12.4. The number of aromatic nitrogens is 3. The minimum absolute atomic E-state index is 0.175. The summed E-state index contributed by atoms with van der Waals surface area (Å²) in [7, 11) is 4.98. The normalized spacial score (nSPS) is 10.5. The lowest BCUT2D eigenvalue weighted by Gasteiger charge is -2.11. The number of carbonyl (C=O) groups is 1. The topological polar surface area (TPSA) is 87.5 Å². The molecule has 1 N–H and O–H groups in total. The molecule has 3 rings (SSSR count). The molecule has 1 amide bonds. The average Bonchev–Trinajstić information content (AvgIpc) is 3.13. The van der Waals surface area contributed by atoms with Gasteiger partial charge >= 0.3 is 0 Å². The zero-order chi connectivity index (χ0) is 21.5. The second-order valence-electron chi connectivity index (χ2n) is 6.20.